The molecule has 0 spiro atoms. The molecule has 100 valence electrons. The number of ether oxygens (including phenoxy) is 1. The predicted octanol–water partition coefficient (Wildman–Crippen LogP) is 1.27. The first-order valence-electron chi connectivity index (χ1n) is 6.41. The fraction of sp³-hybridized carbons (Fsp3) is 0.615. The summed E-state index contributed by atoms with van der Waals surface area (Å²) in [4.78, 5) is 6.62. The Kier molecular flexibility index (Phi) is 4.25. The van der Waals surface area contributed by atoms with E-state index in [9.17, 15) is 0 Å². The molecule has 0 radical (unpaired) electrons. The summed E-state index contributed by atoms with van der Waals surface area (Å²) in [7, 11) is 1.60. The van der Waals surface area contributed by atoms with Crippen LogP contribution in [0.3, 0.4) is 0 Å². The molecule has 5 nitrogen and oxygen atoms in total. The van der Waals surface area contributed by atoms with E-state index in [4.69, 9.17) is 15.6 Å². The molecule has 1 fully saturated rings. The Morgan fingerprint density at radius 1 is 1.56 bits per heavy atom. The molecule has 3 N–H and O–H groups in total. The van der Waals surface area contributed by atoms with Crippen LogP contribution >= 0.6 is 0 Å². The van der Waals surface area contributed by atoms with Crippen molar-refractivity contribution in [3.8, 4) is 5.88 Å². The van der Waals surface area contributed by atoms with Gasteiger partial charge in [-0.15, -0.1) is 0 Å². The number of nitrogen functional groups attached to an aromatic ring is 1. The van der Waals surface area contributed by atoms with Gasteiger partial charge in [-0.05, 0) is 31.2 Å². The van der Waals surface area contributed by atoms with Crippen molar-refractivity contribution < 1.29 is 9.84 Å². The van der Waals surface area contributed by atoms with Gasteiger partial charge in [-0.2, -0.15) is 4.98 Å². The summed E-state index contributed by atoms with van der Waals surface area (Å²) in [5, 5.41) is 9.03. The molecule has 2 rings (SSSR count). The average Bonchev–Trinajstić information content (AvgIpc) is 2.40. The van der Waals surface area contributed by atoms with E-state index < -0.39 is 0 Å². The SMILES string of the molecule is COc1ccc(N)c(N2CCCC(CCO)C2)n1. The van der Waals surface area contributed by atoms with Crippen LogP contribution in [0.2, 0.25) is 0 Å². The maximum absolute atomic E-state index is 9.03. The summed E-state index contributed by atoms with van der Waals surface area (Å²) in [5.41, 5.74) is 6.67. The number of methoxy groups -OCH3 is 1. The van der Waals surface area contributed by atoms with E-state index in [2.05, 4.69) is 9.88 Å². The molecule has 18 heavy (non-hydrogen) atoms. The standard InChI is InChI=1S/C13H21N3O2/c1-18-12-5-4-11(14)13(15-12)16-7-2-3-10(9-16)6-8-17/h4-5,10,17H,2-3,6-9,14H2,1H3. The highest BCUT2D eigenvalue weighted by Crippen LogP contribution is 2.29. The van der Waals surface area contributed by atoms with Crippen molar-refractivity contribution in [3.63, 3.8) is 0 Å². The molecular formula is C13H21N3O2. The number of anilines is 2. The number of nitrogens with zero attached hydrogens (tertiary/aromatic N) is 2. The van der Waals surface area contributed by atoms with Crippen molar-refractivity contribution in [2.24, 2.45) is 5.92 Å². The minimum absolute atomic E-state index is 0.250. The van der Waals surface area contributed by atoms with Crippen LogP contribution in [0, 0.1) is 5.92 Å². The maximum atomic E-state index is 9.03. The minimum Gasteiger partial charge on any atom is -0.481 e. The Morgan fingerprint density at radius 2 is 2.39 bits per heavy atom. The van der Waals surface area contributed by atoms with E-state index in [-0.39, 0.29) is 6.61 Å². The molecule has 0 saturated carbocycles. The number of piperidine rings is 1. The van der Waals surface area contributed by atoms with Crippen LogP contribution in [-0.4, -0.2) is 36.9 Å². The molecule has 1 unspecified atom stereocenters. The molecule has 1 aromatic rings. The largest absolute Gasteiger partial charge is 0.481 e. The van der Waals surface area contributed by atoms with Crippen molar-refractivity contribution in [2.75, 3.05) is 37.4 Å². The van der Waals surface area contributed by atoms with Crippen LogP contribution in [0.25, 0.3) is 0 Å². The van der Waals surface area contributed by atoms with E-state index in [1.165, 1.54) is 6.42 Å². The normalized spacial score (nSPS) is 19.9. The first-order chi connectivity index (χ1) is 8.74. The maximum Gasteiger partial charge on any atom is 0.215 e. The molecule has 1 aliphatic heterocycles. The van der Waals surface area contributed by atoms with Gasteiger partial charge in [-0.25, -0.2) is 0 Å². The van der Waals surface area contributed by atoms with Gasteiger partial charge in [0.05, 0.1) is 12.8 Å². The zero-order chi connectivity index (χ0) is 13.0. The van der Waals surface area contributed by atoms with E-state index in [0.29, 0.717) is 17.5 Å². The van der Waals surface area contributed by atoms with Crippen LogP contribution < -0.4 is 15.4 Å². The van der Waals surface area contributed by atoms with Crippen molar-refractivity contribution in [2.45, 2.75) is 19.3 Å². The molecule has 5 heteroatoms. The lowest BCUT2D eigenvalue weighted by atomic mass is 9.95. The third-order valence-electron chi connectivity index (χ3n) is 3.44. The minimum atomic E-state index is 0.250. The monoisotopic (exact) mass is 251 g/mol. The highest BCUT2D eigenvalue weighted by Gasteiger charge is 2.22. The average molecular weight is 251 g/mol. The number of nitrogens with two attached hydrogens (primary N) is 1. The van der Waals surface area contributed by atoms with Crippen LogP contribution in [0.5, 0.6) is 5.88 Å². The number of pyridine rings is 1. The van der Waals surface area contributed by atoms with Gasteiger partial charge < -0.3 is 20.5 Å². The molecule has 0 aromatic carbocycles. The third-order valence-corrected chi connectivity index (χ3v) is 3.44. The van der Waals surface area contributed by atoms with Gasteiger partial charge >= 0.3 is 0 Å². The fourth-order valence-electron chi connectivity index (χ4n) is 2.48. The van der Waals surface area contributed by atoms with Crippen molar-refractivity contribution >= 4 is 11.5 Å². The number of aliphatic hydroxyl groups is 1. The second kappa shape index (κ2) is 5.91. The van der Waals surface area contributed by atoms with Gasteiger partial charge in [0.15, 0.2) is 5.82 Å². The number of rotatable bonds is 4. The number of aliphatic hydroxyl groups excluding tert-OH is 1. The number of hydrogen-bond donors (Lipinski definition) is 2. The van der Waals surface area contributed by atoms with Gasteiger partial charge in [0.1, 0.15) is 0 Å². The lowest BCUT2D eigenvalue weighted by Gasteiger charge is -2.34. The predicted molar refractivity (Wildman–Crippen MR) is 71.8 cm³/mol. The van der Waals surface area contributed by atoms with Crippen molar-refractivity contribution in [3.05, 3.63) is 12.1 Å². The van der Waals surface area contributed by atoms with Crippen LogP contribution in [0.15, 0.2) is 12.1 Å². The Morgan fingerprint density at radius 3 is 3.11 bits per heavy atom. The topological polar surface area (TPSA) is 71.6 Å². The van der Waals surface area contributed by atoms with Gasteiger partial charge in [0, 0.05) is 25.8 Å². The Labute approximate surface area is 108 Å². The van der Waals surface area contributed by atoms with E-state index in [0.717, 1.165) is 31.7 Å². The highest BCUT2D eigenvalue weighted by molar-refractivity contribution is 5.63. The Bertz CT molecular complexity index is 396. The number of aromatic nitrogens is 1. The zero-order valence-corrected chi connectivity index (χ0v) is 10.8. The molecule has 0 bridgehead atoms. The molecular weight excluding hydrogens is 230 g/mol. The Hall–Kier alpha value is -1.49. The van der Waals surface area contributed by atoms with Gasteiger partial charge in [-0.3, -0.25) is 0 Å². The van der Waals surface area contributed by atoms with Crippen molar-refractivity contribution in [1.29, 1.82) is 0 Å². The summed E-state index contributed by atoms with van der Waals surface area (Å²) in [6.45, 7) is 2.12. The molecule has 1 aliphatic rings. The summed E-state index contributed by atoms with van der Waals surface area (Å²) in [5.74, 6) is 1.91. The summed E-state index contributed by atoms with van der Waals surface area (Å²) in [6, 6.07) is 3.60. The summed E-state index contributed by atoms with van der Waals surface area (Å²) < 4.78 is 5.14. The first kappa shape index (κ1) is 13.0. The second-order valence-corrected chi connectivity index (χ2v) is 4.73. The lowest BCUT2D eigenvalue weighted by Crippen LogP contribution is -2.36. The van der Waals surface area contributed by atoms with Gasteiger partial charge in [0.2, 0.25) is 5.88 Å². The molecule has 2 heterocycles. The zero-order valence-electron chi connectivity index (χ0n) is 10.8. The first-order valence-corrected chi connectivity index (χ1v) is 6.41. The van der Waals surface area contributed by atoms with Crippen LogP contribution in [0.4, 0.5) is 11.5 Å². The smallest absolute Gasteiger partial charge is 0.215 e. The van der Waals surface area contributed by atoms with E-state index >= 15 is 0 Å². The van der Waals surface area contributed by atoms with E-state index in [1.54, 1.807) is 13.2 Å². The van der Waals surface area contributed by atoms with Crippen molar-refractivity contribution in [1.82, 2.24) is 4.98 Å². The molecule has 0 aliphatic carbocycles. The van der Waals surface area contributed by atoms with Crippen LogP contribution in [-0.2, 0) is 0 Å². The van der Waals surface area contributed by atoms with Gasteiger partial charge in [0.25, 0.3) is 0 Å². The summed E-state index contributed by atoms with van der Waals surface area (Å²) >= 11 is 0. The van der Waals surface area contributed by atoms with Crippen LogP contribution in [0.1, 0.15) is 19.3 Å². The Balaban J connectivity index is 2.14. The van der Waals surface area contributed by atoms with E-state index in [1.807, 2.05) is 6.07 Å². The quantitative estimate of drug-likeness (QED) is 0.843. The third kappa shape index (κ3) is 2.85. The van der Waals surface area contributed by atoms with Gasteiger partial charge in [-0.1, -0.05) is 0 Å². The lowest BCUT2D eigenvalue weighted by molar-refractivity contribution is 0.244. The highest BCUT2D eigenvalue weighted by atomic mass is 16.5. The molecule has 1 saturated heterocycles. The molecule has 0 amide bonds. The summed E-state index contributed by atoms with van der Waals surface area (Å²) in [6.07, 6.45) is 3.13. The number of hydrogen-bond acceptors (Lipinski definition) is 5. The molecule has 1 aromatic heterocycles. The fourth-order valence-corrected chi connectivity index (χ4v) is 2.48. The molecule has 1 atom stereocenters. The second-order valence-electron chi connectivity index (χ2n) is 4.73.